The van der Waals surface area contributed by atoms with Gasteiger partial charge in [0.05, 0.1) is 23.2 Å². The van der Waals surface area contributed by atoms with Crippen molar-refractivity contribution in [2.24, 2.45) is 0 Å². The molecule has 1 N–H and O–H groups in total. The van der Waals surface area contributed by atoms with Crippen molar-refractivity contribution in [3.05, 3.63) is 84.2 Å². The Morgan fingerprint density at radius 3 is 2.63 bits per heavy atom. The molecule has 0 saturated carbocycles. The highest BCUT2D eigenvalue weighted by Gasteiger charge is 2.18. The second kappa shape index (κ2) is 8.08. The zero-order chi connectivity index (χ0) is 21.1. The summed E-state index contributed by atoms with van der Waals surface area (Å²) in [5, 5.41) is 4.37. The summed E-state index contributed by atoms with van der Waals surface area (Å²) < 4.78 is 28.4. The van der Waals surface area contributed by atoms with Gasteiger partial charge in [-0.2, -0.15) is 5.10 Å². The van der Waals surface area contributed by atoms with Crippen molar-refractivity contribution in [2.75, 3.05) is 10.5 Å². The maximum Gasteiger partial charge on any atom is 0.232 e. The van der Waals surface area contributed by atoms with E-state index < -0.39 is 10.0 Å². The fourth-order valence-corrected chi connectivity index (χ4v) is 4.38. The quantitative estimate of drug-likeness (QED) is 0.459. The van der Waals surface area contributed by atoms with Crippen LogP contribution in [0.15, 0.2) is 73.1 Å². The molecule has 0 saturated heterocycles. The number of sulfonamides is 1. The van der Waals surface area contributed by atoms with Crippen LogP contribution in [0, 0.1) is 0 Å². The van der Waals surface area contributed by atoms with Crippen LogP contribution in [-0.4, -0.2) is 34.6 Å². The molecule has 0 aliphatic rings. The molecule has 7 nitrogen and oxygen atoms in total. The number of rotatable bonds is 7. The second-order valence-electron chi connectivity index (χ2n) is 6.82. The number of benzene rings is 2. The fourth-order valence-electron chi connectivity index (χ4n) is 3.26. The van der Waals surface area contributed by atoms with Crippen LogP contribution < -0.4 is 4.72 Å². The summed E-state index contributed by atoms with van der Waals surface area (Å²) in [5.41, 5.74) is 3.33. The van der Waals surface area contributed by atoms with E-state index in [0.717, 1.165) is 5.56 Å². The van der Waals surface area contributed by atoms with E-state index in [0.29, 0.717) is 34.6 Å². The summed E-state index contributed by atoms with van der Waals surface area (Å²) in [6, 6.07) is 17.8. The van der Waals surface area contributed by atoms with E-state index in [-0.39, 0.29) is 11.5 Å². The van der Waals surface area contributed by atoms with Gasteiger partial charge in [-0.15, -0.1) is 0 Å². The molecule has 0 aliphatic heterocycles. The highest BCUT2D eigenvalue weighted by atomic mass is 32.2. The SMILES string of the molecule is CCCS(=O)(=O)Nc1cccc(-c2ccnc3c(C(=O)c4ccccc4)cnn23)c1. The van der Waals surface area contributed by atoms with Crippen molar-refractivity contribution >= 4 is 27.1 Å². The molecule has 0 spiro atoms. The monoisotopic (exact) mass is 420 g/mol. The van der Waals surface area contributed by atoms with Crippen molar-refractivity contribution in [1.29, 1.82) is 0 Å². The standard InChI is InChI=1S/C22H20N4O3S/c1-2-13-30(28,29)25-18-10-6-9-17(14-18)20-11-12-23-22-19(15-24-26(20)22)21(27)16-7-4-3-5-8-16/h3-12,14-15,25H,2,13H2,1H3. The Bertz CT molecular complexity index is 1310. The number of aromatic nitrogens is 3. The van der Waals surface area contributed by atoms with Crippen LogP contribution in [0.4, 0.5) is 5.69 Å². The number of hydrogen-bond donors (Lipinski definition) is 1. The first-order valence-corrected chi connectivity index (χ1v) is 11.2. The van der Waals surface area contributed by atoms with Gasteiger partial charge in [0.15, 0.2) is 11.4 Å². The van der Waals surface area contributed by atoms with Crippen LogP contribution in [0.25, 0.3) is 16.9 Å². The van der Waals surface area contributed by atoms with Gasteiger partial charge in [-0.05, 0) is 24.6 Å². The van der Waals surface area contributed by atoms with Gasteiger partial charge in [-0.3, -0.25) is 9.52 Å². The lowest BCUT2D eigenvalue weighted by atomic mass is 10.1. The first-order valence-electron chi connectivity index (χ1n) is 9.52. The maximum absolute atomic E-state index is 12.9. The van der Waals surface area contributed by atoms with Crippen molar-refractivity contribution < 1.29 is 13.2 Å². The topological polar surface area (TPSA) is 93.4 Å². The van der Waals surface area contributed by atoms with Gasteiger partial charge in [0, 0.05) is 23.0 Å². The third-order valence-corrected chi connectivity index (χ3v) is 6.08. The molecule has 0 fully saturated rings. The van der Waals surface area contributed by atoms with Crippen LogP contribution in [0.5, 0.6) is 0 Å². The lowest BCUT2D eigenvalue weighted by molar-refractivity contribution is 0.104. The van der Waals surface area contributed by atoms with Crippen LogP contribution in [0.1, 0.15) is 29.3 Å². The summed E-state index contributed by atoms with van der Waals surface area (Å²) >= 11 is 0. The minimum atomic E-state index is -3.39. The number of ketones is 1. The molecule has 4 aromatic rings. The number of carbonyl (C=O) groups excluding carboxylic acids is 1. The largest absolute Gasteiger partial charge is 0.288 e. The third kappa shape index (κ3) is 3.95. The van der Waals surface area contributed by atoms with E-state index in [1.54, 1.807) is 47.1 Å². The van der Waals surface area contributed by atoms with Crippen LogP contribution in [0.3, 0.4) is 0 Å². The second-order valence-corrected chi connectivity index (χ2v) is 8.66. The van der Waals surface area contributed by atoms with Crippen molar-refractivity contribution in [3.63, 3.8) is 0 Å². The summed E-state index contributed by atoms with van der Waals surface area (Å²) in [4.78, 5) is 17.2. The molecule has 2 heterocycles. The molecule has 2 aromatic heterocycles. The fraction of sp³-hybridized carbons (Fsp3) is 0.136. The maximum atomic E-state index is 12.9. The zero-order valence-corrected chi connectivity index (χ0v) is 17.1. The van der Waals surface area contributed by atoms with Gasteiger partial charge < -0.3 is 0 Å². The predicted molar refractivity (Wildman–Crippen MR) is 116 cm³/mol. The Morgan fingerprint density at radius 2 is 1.87 bits per heavy atom. The smallest absolute Gasteiger partial charge is 0.232 e. The molecule has 152 valence electrons. The molecule has 0 radical (unpaired) electrons. The normalized spacial score (nSPS) is 11.5. The van der Waals surface area contributed by atoms with Crippen LogP contribution in [0.2, 0.25) is 0 Å². The number of fused-ring (bicyclic) bond motifs is 1. The first-order chi connectivity index (χ1) is 14.5. The first kappa shape index (κ1) is 19.8. The zero-order valence-electron chi connectivity index (χ0n) is 16.3. The Labute approximate surface area is 174 Å². The van der Waals surface area contributed by atoms with E-state index in [9.17, 15) is 13.2 Å². The lowest BCUT2D eigenvalue weighted by Crippen LogP contribution is -2.16. The highest BCUT2D eigenvalue weighted by molar-refractivity contribution is 7.92. The Morgan fingerprint density at radius 1 is 1.07 bits per heavy atom. The van der Waals surface area contributed by atoms with E-state index in [2.05, 4.69) is 14.8 Å². The molecule has 30 heavy (non-hydrogen) atoms. The lowest BCUT2D eigenvalue weighted by Gasteiger charge is -2.10. The number of hydrogen-bond acceptors (Lipinski definition) is 5. The minimum absolute atomic E-state index is 0.0564. The van der Waals surface area contributed by atoms with Crippen molar-refractivity contribution in [2.45, 2.75) is 13.3 Å². The minimum Gasteiger partial charge on any atom is -0.288 e. The Balaban J connectivity index is 1.74. The van der Waals surface area contributed by atoms with Crippen LogP contribution >= 0.6 is 0 Å². The van der Waals surface area contributed by atoms with Gasteiger partial charge >= 0.3 is 0 Å². The molecule has 0 bridgehead atoms. The van der Waals surface area contributed by atoms with Gasteiger partial charge in [0.2, 0.25) is 10.0 Å². The van der Waals surface area contributed by atoms with E-state index >= 15 is 0 Å². The molecule has 8 heteroatoms. The molecular weight excluding hydrogens is 400 g/mol. The van der Waals surface area contributed by atoms with E-state index in [1.807, 2.05) is 31.2 Å². The summed E-state index contributed by atoms with van der Waals surface area (Å²) in [5.74, 6) is -0.0998. The predicted octanol–water partition coefficient (Wildman–Crippen LogP) is 3.78. The average molecular weight is 420 g/mol. The third-order valence-electron chi connectivity index (χ3n) is 4.59. The molecular formula is C22H20N4O3S. The Kier molecular flexibility index (Phi) is 5.33. The average Bonchev–Trinajstić information content (AvgIpc) is 3.18. The number of anilines is 1. The van der Waals surface area contributed by atoms with E-state index in [4.69, 9.17) is 0 Å². The Hall–Kier alpha value is -3.52. The van der Waals surface area contributed by atoms with E-state index in [1.165, 1.54) is 6.20 Å². The molecule has 0 aliphatic carbocycles. The summed E-state index contributed by atoms with van der Waals surface area (Å²) in [6.07, 6.45) is 3.66. The summed E-state index contributed by atoms with van der Waals surface area (Å²) in [6.45, 7) is 1.81. The number of carbonyl (C=O) groups is 1. The molecule has 4 rings (SSSR count). The van der Waals surface area contributed by atoms with Gasteiger partial charge in [0.1, 0.15) is 0 Å². The van der Waals surface area contributed by atoms with Gasteiger partial charge in [-0.25, -0.2) is 17.9 Å². The number of nitrogens with one attached hydrogen (secondary N) is 1. The van der Waals surface area contributed by atoms with Crippen LogP contribution in [-0.2, 0) is 10.0 Å². The van der Waals surface area contributed by atoms with Gasteiger partial charge in [0.25, 0.3) is 0 Å². The molecule has 0 atom stereocenters. The summed E-state index contributed by atoms with van der Waals surface area (Å²) in [7, 11) is -3.39. The molecule has 2 aromatic carbocycles. The number of nitrogens with zero attached hydrogens (tertiary/aromatic N) is 3. The highest BCUT2D eigenvalue weighted by Crippen LogP contribution is 2.25. The van der Waals surface area contributed by atoms with Crippen molar-refractivity contribution in [1.82, 2.24) is 14.6 Å². The van der Waals surface area contributed by atoms with Gasteiger partial charge in [-0.1, -0.05) is 49.4 Å². The molecule has 0 amide bonds. The molecule has 0 unspecified atom stereocenters. The van der Waals surface area contributed by atoms with Crippen molar-refractivity contribution in [3.8, 4) is 11.3 Å².